The van der Waals surface area contributed by atoms with Crippen molar-refractivity contribution in [2.45, 2.75) is 91.8 Å². The molecule has 2 unspecified atom stereocenters. The number of ether oxygens (including phenoxy) is 5. The predicted octanol–water partition coefficient (Wildman–Crippen LogP) is -8.43. The Labute approximate surface area is 219 Å². The smallest absolute Gasteiger partial charge is 0.394 e. The van der Waals surface area contributed by atoms with Crippen molar-refractivity contribution in [2.24, 2.45) is 0 Å². The van der Waals surface area contributed by atoms with Crippen LogP contribution in [0.15, 0.2) is 0 Å². The monoisotopic (exact) mass is 600 g/mol. The van der Waals surface area contributed by atoms with Crippen LogP contribution in [0, 0.1) is 0 Å². The first-order chi connectivity index (χ1) is 18.1. The van der Waals surface area contributed by atoms with Crippen molar-refractivity contribution in [1.82, 2.24) is 0 Å². The van der Waals surface area contributed by atoms with Crippen LogP contribution in [0.25, 0.3) is 0 Å². The minimum absolute atomic E-state index is 0.864. The summed E-state index contributed by atoms with van der Waals surface area (Å²) in [5, 5.41) is 110. The largest absolute Gasteiger partial charge is 0.402 e. The first-order valence-electron chi connectivity index (χ1n) is 11.4. The minimum atomic E-state index is -5.61. The maximum Gasteiger partial charge on any atom is 0.402 e. The van der Waals surface area contributed by atoms with Crippen LogP contribution in [0.3, 0.4) is 0 Å². The zero-order valence-electron chi connectivity index (χ0n) is 19.7. The average molecular weight is 601 g/mol. The van der Waals surface area contributed by atoms with E-state index in [1.54, 1.807) is 0 Å². The summed E-state index contributed by atoms with van der Waals surface area (Å²) in [5.41, 5.74) is 0. The second-order valence-corrected chi connectivity index (χ2v) is 10.0. The van der Waals surface area contributed by atoms with Crippen molar-refractivity contribution in [3.05, 3.63) is 0 Å². The lowest BCUT2D eigenvalue weighted by Crippen LogP contribution is -2.71. The summed E-state index contributed by atoms with van der Waals surface area (Å²) in [6, 6.07) is 0. The van der Waals surface area contributed by atoms with Crippen LogP contribution < -0.4 is 0 Å². The molecule has 0 aliphatic carbocycles. The molecule has 3 aliphatic rings. The second kappa shape index (κ2) is 12.6. The van der Waals surface area contributed by atoms with Crippen LogP contribution in [0.2, 0.25) is 0 Å². The number of aliphatic hydroxyl groups excluding tert-OH is 11. The van der Waals surface area contributed by atoms with E-state index < -0.39 is 122 Å². The molecule has 15 atom stereocenters. The summed E-state index contributed by atoms with van der Waals surface area (Å²) in [7, 11) is -5.61. The standard InChI is InChI=1S/C18H32O20S/c19-1-4-7(22)10(25)15(28)18(36-4,38-39(30,31)32)37-14-6(3-21)34-17(12(27)9(14)24)35-13-5(2-20)33-16(29)11(26)8(13)23/h4-17,19-29H,1-3H2,(H,30,31,32)/t4-,5-,6-,7-,8-,9-,10+,11-,12-,13-,14-,15-,16+,17?,18?/m1/s1. The van der Waals surface area contributed by atoms with Crippen molar-refractivity contribution >= 4 is 10.4 Å². The molecule has 3 saturated heterocycles. The topological polar surface area (TPSA) is 332 Å². The van der Waals surface area contributed by atoms with E-state index >= 15 is 0 Å². The van der Waals surface area contributed by atoms with Gasteiger partial charge in [-0.05, 0) is 0 Å². The van der Waals surface area contributed by atoms with E-state index in [-0.39, 0.29) is 0 Å². The third-order valence-electron chi connectivity index (χ3n) is 6.39. The molecule has 3 fully saturated rings. The summed E-state index contributed by atoms with van der Waals surface area (Å²) in [4.78, 5) is 0. The molecule has 20 nitrogen and oxygen atoms in total. The molecular weight excluding hydrogens is 568 g/mol. The Kier molecular flexibility index (Phi) is 10.6. The highest BCUT2D eigenvalue weighted by molar-refractivity contribution is 7.80. The summed E-state index contributed by atoms with van der Waals surface area (Å²) in [5.74, 6) is -3.49. The van der Waals surface area contributed by atoms with Gasteiger partial charge in [-0.25, -0.2) is 0 Å². The molecule has 0 radical (unpaired) electrons. The fourth-order valence-electron chi connectivity index (χ4n) is 4.33. The van der Waals surface area contributed by atoms with Gasteiger partial charge in [0.1, 0.15) is 67.1 Å². The van der Waals surface area contributed by atoms with Gasteiger partial charge in [0.15, 0.2) is 18.7 Å². The highest BCUT2D eigenvalue weighted by atomic mass is 32.3. The van der Waals surface area contributed by atoms with Gasteiger partial charge >= 0.3 is 16.4 Å². The first kappa shape index (κ1) is 32.7. The van der Waals surface area contributed by atoms with Gasteiger partial charge < -0.3 is 79.9 Å². The van der Waals surface area contributed by atoms with E-state index in [0.717, 1.165) is 0 Å². The Morgan fingerprint density at radius 1 is 0.667 bits per heavy atom. The predicted molar refractivity (Wildman–Crippen MR) is 113 cm³/mol. The molecule has 3 heterocycles. The third-order valence-corrected chi connectivity index (χ3v) is 6.83. The van der Waals surface area contributed by atoms with Crippen LogP contribution in [0.4, 0.5) is 0 Å². The molecule has 0 amide bonds. The van der Waals surface area contributed by atoms with E-state index in [1.165, 1.54) is 0 Å². The zero-order valence-corrected chi connectivity index (χ0v) is 20.6. The van der Waals surface area contributed by atoms with E-state index in [1.807, 2.05) is 0 Å². The van der Waals surface area contributed by atoms with Crippen molar-refractivity contribution in [3.63, 3.8) is 0 Å². The van der Waals surface area contributed by atoms with Crippen molar-refractivity contribution in [3.8, 4) is 0 Å². The number of aliphatic hydroxyl groups is 11. The molecule has 39 heavy (non-hydrogen) atoms. The van der Waals surface area contributed by atoms with Gasteiger partial charge in [-0.2, -0.15) is 12.6 Å². The van der Waals surface area contributed by atoms with Crippen LogP contribution in [0.1, 0.15) is 0 Å². The molecule has 21 heteroatoms. The maximum absolute atomic E-state index is 11.5. The molecule has 3 rings (SSSR count). The molecule has 230 valence electrons. The highest BCUT2D eigenvalue weighted by Crippen LogP contribution is 2.38. The fraction of sp³-hybridized carbons (Fsp3) is 1.00. The summed E-state index contributed by atoms with van der Waals surface area (Å²) in [6.45, 7) is -3.08. The summed E-state index contributed by atoms with van der Waals surface area (Å²) >= 11 is 0. The lowest BCUT2D eigenvalue weighted by Gasteiger charge is -2.50. The molecule has 0 aromatic carbocycles. The van der Waals surface area contributed by atoms with Gasteiger partial charge in [-0.1, -0.05) is 0 Å². The van der Waals surface area contributed by atoms with Crippen molar-refractivity contribution in [2.75, 3.05) is 19.8 Å². The maximum atomic E-state index is 11.5. The SMILES string of the molecule is O=S(=O)(O)OC1(O[C@H]2[C@H](O)[C@@H](O)C(O[C@H]3[C@H](O)[C@@H](O)[C@@H](O)O[C@@H]3CO)O[C@@H]2CO)O[C@H](CO)[C@@H](O)[C@H](O)[C@H]1O. The highest BCUT2D eigenvalue weighted by Gasteiger charge is 2.62. The zero-order chi connectivity index (χ0) is 29.4. The second-order valence-electron chi connectivity index (χ2n) is 9.00. The lowest BCUT2D eigenvalue weighted by molar-refractivity contribution is -0.464. The molecule has 0 aromatic heterocycles. The van der Waals surface area contributed by atoms with Crippen molar-refractivity contribution < 1.29 is 97.0 Å². The first-order valence-corrected chi connectivity index (χ1v) is 12.7. The normalized spacial score (nSPS) is 49.6. The Morgan fingerprint density at radius 3 is 1.74 bits per heavy atom. The lowest BCUT2D eigenvalue weighted by atomic mass is 9.95. The Balaban J connectivity index is 1.88. The fourth-order valence-corrected chi connectivity index (χ4v) is 4.81. The van der Waals surface area contributed by atoms with Crippen LogP contribution in [-0.4, -0.2) is 181 Å². The van der Waals surface area contributed by atoms with Gasteiger partial charge in [0.2, 0.25) is 0 Å². The van der Waals surface area contributed by atoms with Gasteiger partial charge in [-0.3, -0.25) is 4.55 Å². The van der Waals surface area contributed by atoms with Crippen LogP contribution in [-0.2, 0) is 38.3 Å². The van der Waals surface area contributed by atoms with Gasteiger partial charge in [0.05, 0.1) is 19.8 Å². The molecule has 0 bridgehead atoms. The van der Waals surface area contributed by atoms with E-state index in [2.05, 4.69) is 4.18 Å². The van der Waals surface area contributed by atoms with Gasteiger partial charge in [-0.15, -0.1) is 0 Å². The summed E-state index contributed by atoms with van der Waals surface area (Å²) in [6.07, 6.45) is -28.3. The van der Waals surface area contributed by atoms with E-state index in [0.29, 0.717) is 0 Å². The summed E-state index contributed by atoms with van der Waals surface area (Å²) < 4.78 is 62.4. The van der Waals surface area contributed by atoms with Crippen molar-refractivity contribution in [1.29, 1.82) is 0 Å². The quantitative estimate of drug-likeness (QED) is 0.0863. The number of hydrogen-bond donors (Lipinski definition) is 12. The molecular formula is C18H32O20S. The average Bonchev–Trinajstić information content (AvgIpc) is 2.88. The third kappa shape index (κ3) is 6.67. The molecule has 12 N–H and O–H groups in total. The molecule has 0 spiro atoms. The number of hydrogen-bond acceptors (Lipinski definition) is 19. The Hall–Kier alpha value is -0.770. The Bertz CT molecular complexity index is 901. The minimum Gasteiger partial charge on any atom is -0.394 e. The molecule has 0 aromatic rings. The van der Waals surface area contributed by atoms with Crippen LogP contribution in [0.5, 0.6) is 0 Å². The van der Waals surface area contributed by atoms with E-state index in [9.17, 15) is 69.1 Å². The van der Waals surface area contributed by atoms with E-state index in [4.69, 9.17) is 23.7 Å². The van der Waals surface area contributed by atoms with Gasteiger partial charge in [0, 0.05) is 0 Å². The molecule has 0 saturated carbocycles. The molecule has 3 aliphatic heterocycles. The number of rotatable bonds is 9. The van der Waals surface area contributed by atoms with Crippen LogP contribution >= 0.6 is 0 Å². The van der Waals surface area contributed by atoms with Gasteiger partial charge in [0.25, 0.3) is 0 Å². The Morgan fingerprint density at radius 2 is 1.21 bits per heavy atom.